The average molecular weight is 267 g/mol. The van der Waals surface area contributed by atoms with Crippen molar-refractivity contribution in [2.24, 2.45) is 17.8 Å². The van der Waals surface area contributed by atoms with Gasteiger partial charge < -0.3 is 10.1 Å². The molecular formula is C17H33NO. The first kappa shape index (κ1) is 15.3. The minimum absolute atomic E-state index is 0.762. The molecule has 1 saturated heterocycles. The highest BCUT2D eigenvalue weighted by atomic mass is 16.5. The second-order valence-electron chi connectivity index (χ2n) is 6.63. The predicted molar refractivity (Wildman–Crippen MR) is 81.4 cm³/mol. The molecular weight excluding hydrogens is 234 g/mol. The van der Waals surface area contributed by atoms with E-state index in [4.69, 9.17) is 4.74 Å². The van der Waals surface area contributed by atoms with Crippen LogP contribution in [0.5, 0.6) is 0 Å². The van der Waals surface area contributed by atoms with Crippen LogP contribution in [0.4, 0.5) is 0 Å². The molecule has 0 spiro atoms. The van der Waals surface area contributed by atoms with Crippen LogP contribution >= 0.6 is 0 Å². The molecule has 1 aliphatic heterocycles. The fourth-order valence-corrected chi connectivity index (χ4v) is 4.13. The molecule has 2 heteroatoms. The Morgan fingerprint density at radius 1 is 1.05 bits per heavy atom. The van der Waals surface area contributed by atoms with Crippen LogP contribution in [0.15, 0.2) is 0 Å². The van der Waals surface area contributed by atoms with Gasteiger partial charge >= 0.3 is 0 Å². The molecule has 0 aromatic carbocycles. The molecule has 1 aliphatic carbocycles. The Morgan fingerprint density at radius 2 is 1.84 bits per heavy atom. The van der Waals surface area contributed by atoms with Crippen molar-refractivity contribution in [3.63, 3.8) is 0 Å². The lowest BCUT2D eigenvalue weighted by Gasteiger charge is -2.40. The third-order valence-electron chi connectivity index (χ3n) is 5.31. The van der Waals surface area contributed by atoms with Gasteiger partial charge in [-0.05, 0) is 56.4 Å². The average Bonchev–Trinajstić information content (AvgIpc) is 2.49. The molecule has 1 heterocycles. The molecule has 19 heavy (non-hydrogen) atoms. The first-order valence-electron chi connectivity index (χ1n) is 8.66. The maximum atomic E-state index is 5.56. The molecule has 0 bridgehead atoms. The summed E-state index contributed by atoms with van der Waals surface area (Å²) in [5, 5.41) is 3.90. The Bertz CT molecular complexity index is 237. The van der Waals surface area contributed by atoms with Crippen LogP contribution in [0.3, 0.4) is 0 Å². The number of hydrogen-bond acceptors (Lipinski definition) is 2. The van der Waals surface area contributed by atoms with E-state index in [1.165, 1.54) is 57.9 Å². The van der Waals surface area contributed by atoms with E-state index in [9.17, 15) is 0 Å². The van der Waals surface area contributed by atoms with Crippen molar-refractivity contribution in [3.8, 4) is 0 Å². The second-order valence-corrected chi connectivity index (χ2v) is 6.63. The van der Waals surface area contributed by atoms with Crippen LogP contribution in [0.25, 0.3) is 0 Å². The fraction of sp³-hybridized carbons (Fsp3) is 1.00. The molecule has 2 rings (SSSR count). The van der Waals surface area contributed by atoms with E-state index in [1.807, 2.05) is 0 Å². The SMILES string of the molecule is CCCNC(C1CCOCC1)C1CCCC(CC)C1. The van der Waals surface area contributed by atoms with Crippen LogP contribution in [-0.2, 0) is 4.74 Å². The van der Waals surface area contributed by atoms with Crippen LogP contribution in [0.2, 0.25) is 0 Å². The Labute approximate surface area is 119 Å². The smallest absolute Gasteiger partial charge is 0.0469 e. The first-order valence-corrected chi connectivity index (χ1v) is 8.66. The van der Waals surface area contributed by atoms with E-state index < -0.39 is 0 Å². The van der Waals surface area contributed by atoms with Gasteiger partial charge in [-0.25, -0.2) is 0 Å². The van der Waals surface area contributed by atoms with E-state index in [1.54, 1.807) is 0 Å². The van der Waals surface area contributed by atoms with Gasteiger partial charge in [0.05, 0.1) is 0 Å². The summed E-state index contributed by atoms with van der Waals surface area (Å²) in [6, 6.07) is 0.762. The van der Waals surface area contributed by atoms with Crippen LogP contribution < -0.4 is 5.32 Å². The molecule has 0 radical (unpaired) electrons. The minimum Gasteiger partial charge on any atom is -0.381 e. The van der Waals surface area contributed by atoms with E-state index in [0.717, 1.165) is 37.0 Å². The quantitative estimate of drug-likeness (QED) is 0.785. The number of rotatable bonds is 6. The van der Waals surface area contributed by atoms with Gasteiger partial charge in [0.2, 0.25) is 0 Å². The van der Waals surface area contributed by atoms with Crippen molar-refractivity contribution in [1.29, 1.82) is 0 Å². The summed E-state index contributed by atoms with van der Waals surface area (Å²) in [6.07, 6.45) is 11.0. The summed E-state index contributed by atoms with van der Waals surface area (Å²) >= 11 is 0. The number of hydrogen-bond donors (Lipinski definition) is 1. The summed E-state index contributed by atoms with van der Waals surface area (Å²) in [5.74, 6) is 2.78. The largest absolute Gasteiger partial charge is 0.381 e. The van der Waals surface area contributed by atoms with Gasteiger partial charge in [-0.3, -0.25) is 0 Å². The van der Waals surface area contributed by atoms with Crippen LogP contribution in [-0.4, -0.2) is 25.8 Å². The summed E-state index contributed by atoms with van der Waals surface area (Å²) in [4.78, 5) is 0. The van der Waals surface area contributed by atoms with E-state index in [0.29, 0.717) is 0 Å². The third kappa shape index (κ3) is 4.46. The van der Waals surface area contributed by atoms with Crippen molar-refractivity contribution < 1.29 is 4.74 Å². The van der Waals surface area contributed by atoms with E-state index in [-0.39, 0.29) is 0 Å². The Balaban J connectivity index is 1.94. The molecule has 0 amide bonds. The molecule has 1 saturated carbocycles. The van der Waals surface area contributed by atoms with Gasteiger partial charge in [0.25, 0.3) is 0 Å². The molecule has 0 aromatic heterocycles. The lowest BCUT2D eigenvalue weighted by atomic mass is 9.72. The van der Waals surface area contributed by atoms with Crippen molar-refractivity contribution in [2.75, 3.05) is 19.8 Å². The fourth-order valence-electron chi connectivity index (χ4n) is 4.13. The molecule has 2 fully saturated rings. The van der Waals surface area contributed by atoms with E-state index >= 15 is 0 Å². The van der Waals surface area contributed by atoms with Crippen molar-refractivity contribution >= 4 is 0 Å². The lowest BCUT2D eigenvalue weighted by molar-refractivity contribution is 0.0372. The Morgan fingerprint density at radius 3 is 2.53 bits per heavy atom. The Hall–Kier alpha value is -0.0800. The number of ether oxygens (including phenoxy) is 1. The highest BCUT2D eigenvalue weighted by Crippen LogP contribution is 2.36. The zero-order chi connectivity index (χ0) is 13.5. The number of nitrogens with one attached hydrogen (secondary N) is 1. The van der Waals surface area contributed by atoms with Gasteiger partial charge in [0, 0.05) is 19.3 Å². The molecule has 3 unspecified atom stereocenters. The minimum atomic E-state index is 0.762. The molecule has 1 N–H and O–H groups in total. The third-order valence-corrected chi connectivity index (χ3v) is 5.31. The second kappa shape index (κ2) is 8.26. The molecule has 3 atom stereocenters. The van der Waals surface area contributed by atoms with Gasteiger partial charge in [-0.15, -0.1) is 0 Å². The van der Waals surface area contributed by atoms with Crippen LogP contribution in [0, 0.1) is 17.8 Å². The van der Waals surface area contributed by atoms with Gasteiger partial charge in [0.15, 0.2) is 0 Å². The summed E-state index contributed by atoms with van der Waals surface area (Å²) in [5.41, 5.74) is 0. The predicted octanol–water partition coefficient (Wildman–Crippen LogP) is 4.00. The van der Waals surface area contributed by atoms with Gasteiger partial charge in [0.1, 0.15) is 0 Å². The summed E-state index contributed by atoms with van der Waals surface area (Å²) in [6.45, 7) is 7.81. The van der Waals surface area contributed by atoms with Gasteiger partial charge in [-0.1, -0.05) is 33.1 Å². The highest BCUT2D eigenvalue weighted by molar-refractivity contribution is 4.88. The Kier molecular flexibility index (Phi) is 6.66. The zero-order valence-electron chi connectivity index (χ0n) is 13.0. The monoisotopic (exact) mass is 267 g/mol. The maximum Gasteiger partial charge on any atom is 0.0469 e. The van der Waals surface area contributed by atoms with Crippen LogP contribution in [0.1, 0.15) is 65.2 Å². The molecule has 2 aliphatic rings. The zero-order valence-corrected chi connectivity index (χ0v) is 13.0. The van der Waals surface area contributed by atoms with Gasteiger partial charge in [-0.2, -0.15) is 0 Å². The maximum absolute atomic E-state index is 5.56. The molecule has 0 aromatic rings. The normalized spacial score (nSPS) is 31.3. The summed E-state index contributed by atoms with van der Waals surface area (Å²) < 4.78 is 5.56. The summed E-state index contributed by atoms with van der Waals surface area (Å²) in [7, 11) is 0. The van der Waals surface area contributed by atoms with Crippen molar-refractivity contribution in [3.05, 3.63) is 0 Å². The highest BCUT2D eigenvalue weighted by Gasteiger charge is 2.33. The standard InChI is InChI=1S/C17H33NO/c1-3-10-18-17(15-8-11-19-12-9-15)16-7-5-6-14(4-2)13-16/h14-18H,3-13H2,1-2H3. The van der Waals surface area contributed by atoms with Crippen molar-refractivity contribution in [1.82, 2.24) is 5.32 Å². The topological polar surface area (TPSA) is 21.3 Å². The van der Waals surface area contributed by atoms with Crippen molar-refractivity contribution in [2.45, 2.75) is 71.3 Å². The molecule has 112 valence electrons. The lowest BCUT2D eigenvalue weighted by Crippen LogP contribution is -2.46. The van der Waals surface area contributed by atoms with E-state index in [2.05, 4.69) is 19.2 Å². The first-order chi connectivity index (χ1) is 9.35. The molecule has 2 nitrogen and oxygen atoms in total.